The second kappa shape index (κ2) is 8.16. The summed E-state index contributed by atoms with van der Waals surface area (Å²) in [6.45, 7) is 4.28. The lowest BCUT2D eigenvalue weighted by Crippen LogP contribution is -2.47. The summed E-state index contributed by atoms with van der Waals surface area (Å²) in [5, 5.41) is 0.695. The molecule has 3 nitrogen and oxygen atoms in total. The maximum atomic E-state index is 12.5. The molecule has 3 rings (SSSR count). The number of likely N-dealkylation sites (tertiary alicyclic amines) is 2. The highest BCUT2D eigenvalue weighted by atomic mass is 35.5. The SMILES string of the molecule is O=C(Cc1ccccc1Cl)N1CCC(N2CCCCCC2)CC1. The van der Waals surface area contributed by atoms with Gasteiger partial charge in [-0.25, -0.2) is 0 Å². The summed E-state index contributed by atoms with van der Waals surface area (Å²) in [5.74, 6) is 0.215. The monoisotopic (exact) mass is 334 g/mol. The summed E-state index contributed by atoms with van der Waals surface area (Å²) >= 11 is 6.17. The third-order valence-electron chi connectivity index (χ3n) is 5.27. The van der Waals surface area contributed by atoms with Gasteiger partial charge in [-0.2, -0.15) is 0 Å². The molecule has 2 heterocycles. The molecular weight excluding hydrogens is 308 g/mol. The Balaban J connectivity index is 1.50. The molecule has 0 aliphatic carbocycles. The van der Waals surface area contributed by atoms with Crippen molar-refractivity contribution >= 4 is 17.5 Å². The van der Waals surface area contributed by atoms with E-state index in [0.717, 1.165) is 31.5 Å². The van der Waals surface area contributed by atoms with E-state index >= 15 is 0 Å². The van der Waals surface area contributed by atoms with Crippen LogP contribution in [0, 0.1) is 0 Å². The smallest absolute Gasteiger partial charge is 0.227 e. The lowest BCUT2D eigenvalue weighted by atomic mass is 10.0. The molecule has 0 bridgehead atoms. The Morgan fingerprint density at radius 1 is 1.00 bits per heavy atom. The lowest BCUT2D eigenvalue weighted by molar-refractivity contribution is -0.132. The van der Waals surface area contributed by atoms with Crippen molar-refractivity contribution in [2.75, 3.05) is 26.2 Å². The first-order valence-corrected chi connectivity index (χ1v) is 9.37. The van der Waals surface area contributed by atoms with Gasteiger partial charge in [-0.05, 0) is 50.4 Å². The highest BCUT2D eigenvalue weighted by molar-refractivity contribution is 6.31. The van der Waals surface area contributed by atoms with Gasteiger partial charge >= 0.3 is 0 Å². The molecule has 0 saturated carbocycles. The molecule has 1 amide bonds. The van der Waals surface area contributed by atoms with E-state index in [1.165, 1.54) is 38.8 Å². The number of halogens is 1. The number of hydrogen-bond donors (Lipinski definition) is 0. The van der Waals surface area contributed by atoms with Crippen LogP contribution in [-0.4, -0.2) is 47.9 Å². The minimum atomic E-state index is 0.215. The van der Waals surface area contributed by atoms with Gasteiger partial charge in [0.25, 0.3) is 0 Å². The second-order valence-electron chi connectivity index (χ2n) is 6.83. The molecule has 2 aliphatic rings. The molecule has 0 unspecified atom stereocenters. The Kier molecular flexibility index (Phi) is 5.96. The minimum absolute atomic E-state index is 0.215. The van der Waals surface area contributed by atoms with E-state index in [1.807, 2.05) is 29.2 Å². The quantitative estimate of drug-likeness (QED) is 0.840. The van der Waals surface area contributed by atoms with Crippen molar-refractivity contribution in [2.24, 2.45) is 0 Å². The van der Waals surface area contributed by atoms with Crippen molar-refractivity contribution in [1.82, 2.24) is 9.80 Å². The molecule has 126 valence electrons. The van der Waals surface area contributed by atoms with E-state index in [9.17, 15) is 4.79 Å². The molecule has 23 heavy (non-hydrogen) atoms. The summed E-state index contributed by atoms with van der Waals surface area (Å²) in [6, 6.07) is 8.33. The third-order valence-corrected chi connectivity index (χ3v) is 5.64. The highest BCUT2D eigenvalue weighted by Crippen LogP contribution is 2.22. The second-order valence-corrected chi connectivity index (χ2v) is 7.24. The van der Waals surface area contributed by atoms with Crippen LogP contribution in [0.3, 0.4) is 0 Å². The number of nitrogens with zero attached hydrogens (tertiary/aromatic N) is 2. The van der Waals surface area contributed by atoms with E-state index < -0.39 is 0 Å². The summed E-state index contributed by atoms with van der Waals surface area (Å²) < 4.78 is 0. The Morgan fingerprint density at radius 2 is 1.65 bits per heavy atom. The average Bonchev–Trinajstić information content (AvgIpc) is 2.86. The van der Waals surface area contributed by atoms with Gasteiger partial charge in [0.2, 0.25) is 5.91 Å². The molecule has 2 saturated heterocycles. The summed E-state index contributed by atoms with van der Waals surface area (Å²) in [7, 11) is 0. The Labute approximate surface area is 144 Å². The van der Waals surface area contributed by atoms with Crippen molar-refractivity contribution < 1.29 is 4.79 Å². The van der Waals surface area contributed by atoms with E-state index in [1.54, 1.807) is 0 Å². The largest absolute Gasteiger partial charge is 0.342 e. The maximum Gasteiger partial charge on any atom is 0.227 e. The molecular formula is C19H27ClN2O. The average molecular weight is 335 g/mol. The van der Waals surface area contributed by atoms with E-state index in [-0.39, 0.29) is 5.91 Å². The van der Waals surface area contributed by atoms with Crippen LogP contribution in [0.15, 0.2) is 24.3 Å². The number of hydrogen-bond acceptors (Lipinski definition) is 2. The van der Waals surface area contributed by atoms with Gasteiger partial charge < -0.3 is 9.80 Å². The van der Waals surface area contributed by atoms with Crippen LogP contribution in [0.25, 0.3) is 0 Å². The topological polar surface area (TPSA) is 23.6 Å². The summed E-state index contributed by atoms with van der Waals surface area (Å²) in [5.41, 5.74) is 0.939. The van der Waals surface area contributed by atoms with Crippen LogP contribution in [0.2, 0.25) is 5.02 Å². The molecule has 2 aliphatic heterocycles. The molecule has 0 radical (unpaired) electrons. The Bertz CT molecular complexity index is 518. The van der Waals surface area contributed by atoms with Gasteiger partial charge in [0.1, 0.15) is 0 Å². The Hall–Kier alpha value is -1.06. The molecule has 1 aromatic carbocycles. The molecule has 4 heteroatoms. The first-order chi connectivity index (χ1) is 11.2. The van der Waals surface area contributed by atoms with E-state index in [4.69, 9.17) is 11.6 Å². The molecule has 1 aromatic rings. The van der Waals surface area contributed by atoms with Crippen molar-refractivity contribution in [1.29, 1.82) is 0 Å². The summed E-state index contributed by atoms with van der Waals surface area (Å²) in [4.78, 5) is 17.2. The fraction of sp³-hybridized carbons (Fsp3) is 0.632. The van der Waals surface area contributed by atoms with E-state index in [0.29, 0.717) is 17.5 Å². The number of piperidine rings is 1. The molecule has 0 spiro atoms. The van der Waals surface area contributed by atoms with Crippen molar-refractivity contribution in [3.63, 3.8) is 0 Å². The lowest BCUT2D eigenvalue weighted by Gasteiger charge is -2.38. The fourth-order valence-corrected chi connectivity index (χ4v) is 4.06. The summed E-state index contributed by atoms with van der Waals surface area (Å²) in [6.07, 6.45) is 8.10. The number of amides is 1. The van der Waals surface area contributed by atoms with Crippen molar-refractivity contribution in [3.05, 3.63) is 34.9 Å². The zero-order valence-electron chi connectivity index (χ0n) is 13.8. The van der Waals surface area contributed by atoms with Crippen LogP contribution >= 0.6 is 11.6 Å². The number of carbonyl (C=O) groups excluding carboxylic acids is 1. The van der Waals surface area contributed by atoms with Gasteiger partial charge in [0.05, 0.1) is 6.42 Å². The van der Waals surface area contributed by atoms with Crippen LogP contribution in [0.4, 0.5) is 0 Å². The zero-order chi connectivity index (χ0) is 16.1. The van der Waals surface area contributed by atoms with Gasteiger partial charge in [0.15, 0.2) is 0 Å². The van der Waals surface area contributed by atoms with Gasteiger partial charge in [-0.3, -0.25) is 4.79 Å². The maximum absolute atomic E-state index is 12.5. The number of rotatable bonds is 3. The minimum Gasteiger partial charge on any atom is -0.342 e. The highest BCUT2D eigenvalue weighted by Gasteiger charge is 2.27. The zero-order valence-corrected chi connectivity index (χ0v) is 14.6. The van der Waals surface area contributed by atoms with Gasteiger partial charge in [0, 0.05) is 24.2 Å². The first kappa shape index (κ1) is 16.8. The molecule has 0 N–H and O–H groups in total. The molecule has 2 fully saturated rings. The van der Waals surface area contributed by atoms with Gasteiger partial charge in [-0.1, -0.05) is 42.6 Å². The Morgan fingerprint density at radius 3 is 2.30 bits per heavy atom. The third kappa shape index (κ3) is 4.48. The van der Waals surface area contributed by atoms with Crippen LogP contribution in [0.5, 0.6) is 0 Å². The van der Waals surface area contributed by atoms with Crippen molar-refractivity contribution in [2.45, 2.75) is 51.0 Å². The van der Waals surface area contributed by atoms with Crippen LogP contribution in [0.1, 0.15) is 44.1 Å². The van der Waals surface area contributed by atoms with E-state index in [2.05, 4.69) is 4.90 Å². The normalized spacial score (nSPS) is 21.2. The molecule has 0 atom stereocenters. The first-order valence-electron chi connectivity index (χ1n) is 8.99. The molecule has 0 aromatic heterocycles. The number of benzene rings is 1. The van der Waals surface area contributed by atoms with Crippen molar-refractivity contribution in [3.8, 4) is 0 Å². The van der Waals surface area contributed by atoms with Crippen LogP contribution in [-0.2, 0) is 11.2 Å². The van der Waals surface area contributed by atoms with Gasteiger partial charge in [-0.15, -0.1) is 0 Å². The standard InChI is InChI=1S/C19H27ClN2O/c20-18-8-4-3-7-16(18)15-19(23)22-13-9-17(10-14-22)21-11-5-1-2-6-12-21/h3-4,7-8,17H,1-2,5-6,9-15H2. The predicted molar refractivity (Wildman–Crippen MR) is 94.8 cm³/mol. The fourth-order valence-electron chi connectivity index (χ4n) is 3.86. The van der Waals surface area contributed by atoms with Crippen LogP contribution < -0.4 is 0 Å². The predicted octanol–water partition coefficient (Wildman–Crippen LogP) is 3.75. The number of carbonyl (C=O) groups is 1.